The smallest absolute Gasteiger partial charge is 0.257 e. The number of hydrogen-bond acceptors (Lipinski definition) is 5. The summed E-state index contributed by atoms with van der Waals surface area (Å²) in [5, 5.41) is 14.1. The fourth-order valence-corrected chi connectivity index (χ4v) is 3.66. The molecule has 26 heavy (non-hydrogen) atoms. The summed E-state index contributed by atoms with van der Waals surface area (Å²) in [6, 6.07) is 13.1. The van der Waals surface area contributed by atoms with Crippen molar-refractivity contribution < 1.29 is 4.42 Å². The molecule has 1 aromatic carbocycles. The Balaban J connectivity index is 1.75. The third kappa shape index (κ3) is 4.22. The molecule has 3 aromatic rings. The molecule has 0 bridgehead atoms. The van der Waals surface area contributed by atoms with Crippen molar-refractivity contribution in [2.75, 3.05) is 0 Å². The van der Waals surface area contributed by atoms with Gasteiger partial charge in [0.05, 0.1) is 10.9 Å². The average Bonchev–Trinajstić information content (AvgIpc) is 3.30. The molecule has 1 N–H and O–H groups in total. The van der Waals surface area contributed by atoms with Crippen LogP contribution in [-0.2, 0) is 0 Å². The number of nitrogens with one attached hydrogen (secondary N) is 1. The van der Waals surface area contributed by atoms with E-state index in [2.05, 4.69) is 74.4 Å². The highest BCUT2D eigenvalue weighted by Gasteiger charge is 2.22. The van der Waals surface area contributed by atoms with Crippen LogP contribution in [-0.4, -0.2) is 10.2 Å². The molecule has 0 saturated carbocycles. The van der Waals surface area contributed by atoms with Gasteiger partial charge in [-0.25, -0.2) is 0 Å². The van der Waals surface area contributed by atoms with Crippen LogP contribution in [0.25, 0.3) is 10.8 Å². The van der Waals surface area contributed by atoms with Gasteiger partial charge in [0, 0.05) is 6.04 Å². The van der Waals surface area contributed by atoms with Gasteiger partial charge in [-0.1, -0.05) is 58.0 Å². The van der Waals surface area contributed by atoms with Crippen molar-refractivity contribution in [3.05, 3.63) is 58.8 Å². The predicted molar refractivity (Wildman–Crippen MR) is 107 cm³/mol. The van der Waals surface area contributed by atoms with E-state index < -0.39 is 0 Å². The van der Waals surface area contributed by atoms with E-state index in [1.54, 1.807) is 11.3 Å². The first-order chi connectivity index (χ1) is 12.5. The molecule has 2 aromatic heterocycles. The zero-order valence-corrected chi connectivity index (χ0v) is 16.9. The second kappa shape index (κ2) is 8.14. The van der Waals surface area contributed by atoms with Crippen LogP contribution in [0.1, 0.15) is 69.6 Å². The van der Waals surface area contributed by atoms with E-state index in [0.29, 0.717) is 23.6 Å². The fourth-order valence-electron chi connectivity index (χ4n) is 3.01. The van der Waals surface area contributed by atoms with Gasteiger partial charge < -0.3 is 4.42 Å². The molecule has 0 fully saturated rings. The lowest BCUT2D eigenvalue weighted by molar-refractivity contribution is 0.335. The molecule has 0 amide bonds. The van der Waals surface area contributed by atoms with Crippen molar-refractivity contribution >= 4 is 11.3 Å². The lowest BCUT2D eigenvalue weighted by Gasteiger charge is -2.26. The molecule has 5 heteroatoms. The molecule has 2 atom stereocenters. The van der Waals surface area contributed by atoms with Crippen LogP contribution in [0.5, 0.6) is 0 Å². The Morgan fingerprint density at radius 3 is 2.19 bits per heavy atom. The second-order valence-electron chi connectivity index (χ2n) is 7.35. The van der Waals surface area contributed by atoms with Gasteiger partial charge in [0.1, 0.15) is 0 Å². The Labute approximate surface area is 159 Å². The SMILES string of the molecule is CC(C)c1ccc([C@H](N[C@@H](C)c2nnc(-c3cccs3)o2)C(C)C)cc1. The van der Waals surface area contributed by atoms with Crippen molar-refractivity contribution in [3.63, 3.8) is 0 Å². The highest BCUT2D eigenvalue weighted by Crippen LogP contribution is 2.29. The van der Waals surface area contributed by atoms with Gasteiger partial charge in [-0.15, -0.1) is 21.5 Å². The van der Waals surface area contributed by atoms with E-state index in [9.17, 15) is 0 Å². The Hall–Kier alpha value is -1.98. The second-order valence-corrected chi connectivity index (χ2v) is 8.30. The Morgan fingerprint density at radius 1 is 0.923 bits per heavy atom. The molecule has 0 aliphatic carbocycles. The number of benzene rings is 1. The summed E-state index contributed by atoms with van der Waals surface area (Å²) in [5.74, 6) is 2.20. The summed E-state index contributed by atoms with van der Waals surface area (Å²) in [6.07, 6.45) is 0. The van der Waals surface area contributed by atoms with Crippen molar-refractivity contribution in [2.24, 2.45) is 5.92 Å². The quantitative estimate of drug-likeness (QED) is 0.557. The molecular formula is C21H27N3OS. The summed E-state index contributed by atoms with van der Waals surface area (Å²) in [7, 11) is 0. The molecule has 4 nitrogen and oxygen atoms in total. The Bertz CT molecular complexity index is 806. The van der Waals surface area contributed by atoms with E-state index in [1.165, 1.54) is 11.1 Å². The van der Waals surface area contributed by atoms with Gasteiger partial charge in [-0.2, -0.15) is 0 Å². The maximum atomic E-state index is 5.88. The maximum Gasteiger partial charge on any atom is 0.257 e. The molecule has 138 valence electrons. The van der Waals surface area contributed by atoms with Crippen LogP contribution < -0.4 is 5.32 Å². The number of thiophene rings is 1. The van der Waals surface area contributed by atoms with Crippen LogP contribution in [0.3, 0.4) is 0 Å². The summed E-state index contributed by atoms with van der Waals surface area (Å²) in [4.78, 5) is 1.00. The average molecular weight is 370 g/mol. The highest BCUT2D eigenvalue weighted by atomic mass is 32.1. The molecule has 0 saturated heterocycles. The summed E-state index contributed by atoms with van der Waals surface area (Å²) < 4.78 is 5.88. The minimum absolute atomic E-state index is 0.0200. The largest absolute Gasteiger partial charge is 0.418 e. The Morgan fingerprint density at radius 2 is 1.62 bits per heavy atom. The molecule has 0 aliphatic rings. The van der Waals surface area contributed by atoms with E-state index >= 15 is 0 Å². The van der Waals surface area contributed by atoms with Gasteiger partial charge in [0.15, 0.2) is 0 Å². The Kier molecular flexibility index (Phi) is 5.89. The normalized spacial score (nSPS) is 14.1. The van der Waals surface area contributed by atoms with Crippen molar-refractivity contribution in [3.8, 4) is 10.8 Å². The van der Waals surface area contributed by atoms with Crippen molar-refractivity contribution in [1.82, 2.24) is 15.5 Å². The van der Waals surface area contributed by atoms with Gasteiger partial charge >= 0.3 is 0 Å². The molecule has 0 spiro atoms. The van der Waals surface area contributed by atoms with Gasteiger partial charge in [0.2, 0.25) is 5.89 Å². The first kappa shape index (κ1) is 18.8. The van der Waals surface area contributed by atoms with Crippen LogP contribution in [0.4, 0.5) is 0 Å². The van der Waals surface area contributed by atoms with E-state index in [0.717, 1.165) is 4.88 Å². The number of nitrogens with zero attached hydrogens (tertiary/aromatic N) is 2. The van der Waals surface area contributed by atoms with E-state index in [4.69, 9.17) is 4.42 Å². The van der Waals surface area contributed by atoms with Crippen LogP contribution in [0.2, 0.25) is 0 Å². The lowest BCUT2D eigenvalue weighted by Crippen LogP contribution is -2.28. The van der Waals surface area contributed by atoms with Gasteiger partial charge in [-0.05, 0) is 41.3 Å². The van der Waals surface area contributed by atoms with Gasteiger partial charge in [0.25, 0.3) is 5.89 Å². The maximum absolute atomic E-state index is 5.88. The first-order valence-corrected chi connectivity index (χ1v) is 10.1. The molecule has 2 heterocycles. The lowest BCUT2D eigenvalue weighted by atomic mass is 9.93. The summed E-state index contributed by atoms with van der Waals surface area (Å²) >= 11 is 1.60. The topological polar surface area (TPSA) is 51.0 Å². The summed E-state index contributed by atoms with van der Waals surface area (Å²) in [6.45, 7) is 11.0. The van der Waals surface area contributed by atoms with E-state index in [1.807, 2.05) is 17.5 Å². The van der Waals surface area contributed by atoms with Crippen molar-refractivity contribution in [1.29, 1.82) is 0 Å². The fraction of sp³-hybridized carbons (Fsp3) is 0.429. The predicted octanol–water partition coefficient (Wildman–Crippen LogP) is 5.97. The molecule has 0 radical (unpaired) electrons. The standard InChI is InChI=1S/C21H27N3OS/c1-13(2)16-8-10-17(11-9-16)19(14(3)4)22-15(5)20-23-24-21(25-20)18-7-6-12-26-18/h6-15,19,22H,1-5H3/t15-,19+/m0/s1. The van der Waals surface area contributed by atoms with Gasteiger partial charge in [-0.3, -0.25) is 5.32 Å². The molecule has 0 aliphatic heterocycles. The zero-order chi connectivity index (χ0) is 18.7. The highest BCUT2D eigenvalue weighted by molar-refractivity contribution is 7.13. The summed E-state index contributed by atoms with van der Waals surface area (Å²) in [5.41, 5.74) is 2.65. The minimum atomic E-state index is -0.0200. The molecule has 0 unspecified atom stereocenters. The zero-order valence-electron chi connectivity index (χ0n) is 16.1. The minimum Gasteiger partial charge on any atom is -0.418 e. The van der Waals surface area contributed by atoms with Crippen molar-refractivity contribution in [2.45, 2.75) is 52.6 Å². The monoisotopic (exact) mass is 369 g/mol. The van der Waals surface area contributed by atoms with Crippen LogP contribution >= 0.6 is 11.3 Å². The number of rotatable bonds is 7. The molecular weight excluding hydrogens is 342 g/mol. The van der Waals surface area contributed by atoms with E-state index in [-0.39, 0.29) is 12.1 Å². The first-order valence-electron chi connectivity index (χ1n) is 9.19. The number of aromatic nitrogens is 2. The van der Waals surface area contributed by atoms with Crippen LogP contribution in [0.15, 0.2) is 46.2 Å². The number of hydrogen-bond donors (Lipinski definition) is 1. The molecule has 3 rings (SSSR count). The third-order valence-corrected chi connectivity index (χ3v) is 5.46. The van der Waals surface area contributed by atoms with Crippen LogP contribution in [0, 0.1) is 5.92 Å². The third-order valence-electron chi connectivity index (χ3n) is 4.60.